The minimum absolute atomic E-state index is 0.109. The van der Waals surface area contributed by atoms with E-state index in [1.807, 2.05) is 18.2 Å². The number of nitroso groups, excluding NO2 is 1. The zero-order chi connectivity index (χ0) is 12.7. The highest BCUT2D eigenvalue weighted by atomic mass is 32.2. The van der Waals surface area contributed by atoms with E-state index < -0.39 is 0 Å². The van der Waals surface area contributed by atoms with Crippen LogP contribution in [0, 0.1) is 10.8 Å². The van der Waals surface area contributed by atoms with Crippen LogP contribution in [0.4, 0.5) is 0 Å². The summed E-state index contributed by atoms with van der Waals surface area (Å²) in [5.41, 5.74) is 2.44. The molecule has 0 fully saturated rings. The lowest BCUT2D eigenvalue weighted by Crippen LogP contribution is -2.20. The minimum atomic E-state index is -0.325. The number of hydrogen-bond acceptors (Lipinski definition) is 4. The fourth-order valence-electron chi connectivity index (χ4n) is 2.30. The van der Waals surface area contributed by atoms with Gasteiger partial charge in [-0.1, -0.05) is 6.08 Å². The smallest absolute Gasteiger partial charge is 0.337 e. The Hall–Kier alpha value is -1.69. The Bertz CT molecular complexity index is 572. The van der Waals surface area contributed by atoms with E-state index in [-0.39, 0.29) is 11.9 Å². The van der Waals surface area contributed by atoms with Gasteiger partial charge in [0.15, 0.2) is 4.87 Å². The van der Waals surface area contributed by atoms with Crippen molar-refractivity contribution in [2.75, 3.05) is 13.0 Å². The molecule has 0 amide bonds. The summed E-state index contributed by atoms with van der Waals surface area (Å²) in [5.74, 6) is 0.110. The quantitative estimate of drug-likeness (QED) is 0.534. The van der Waals surface area contributed by atoms with Crippen LogP contribution in [0.15, 0.2) is 39.4 Å². The van der Waals surface area contributed by atoms with E-state index >= 15 is 0 Å². The highest BCUT2D eigenvalue weighted by Gasteiger charge is 2.38. The summed E-state index contributed by atoms with van der Waals surface area (Å²) in [4.78, 5) is 24.5. The molecular formula is C12H11N2O3S+. The van der Waals surface area contributed by atoms with E-state index in [2.05, 4.69) is 5.10 Å². The number of rotatable bonds is 1. The van der Waals surface area contributed by atoms with E-state index in [0.717, 1.165) is 16.2 Å². The molecule has 0 saturated carbocycles. The van der Waals surface area contributed by atoms with Crippen molar-refractivity contribution in [3.8, 4) is 0 Å². The van der Waals surface area contributed by atoms with Crippen LogP contribution in [0.3, 0.4) is 0 Å². The van der Waals surface area contributed by atoms with Crippen molar-refractivity contribution >= 4 is 23.4 Å². The summed E-state index contributed by atoms with van der Waals surface area (Å²) in [6.45, 7) is 0. The molecule has 1 atom stereocenters. The van der Waals surface area contributed by atoms with Crippen LogP contribution in [0.1, 0.15) is 6.42 Å². The predicted molar refractivity (Wildman–Crippen MR) is 67.9 cm³/mol. The van der Waals surface area contributed by atoms with Gasteiger partial charge in [0, 0.05) is 15.9 Å². The zero-order valence-corrected chi connectivity index (χ0v) is 10.6. The molecule has 0 spiro atoms. The van der Waals surface area contributed by atoms with Crippen molar-refractivity contribution in [3.05, 3.63) is 39.2 Å². The van der Waals surface area contributed by atoms with E-state index in [9.17, 15) is 9.70 Å². The molecule has 0 radical (unpaired) electrons. The van der Waals surface area contributed by atoms with Crippen LogP contribution in [-0.2, 0) is 9.53 Å². The molecule has 5 nitrogen and oxygen atoms in total. The Labute approximate surface area is 108 Å². The first-order valence-corrected chi connectivity index (χ1v) is 6.55. The average molecular weight is 263 g/mol. The van der Waals surface area contributed by atoms with Crippen molar-refractivity contribution in [1.82, 2.24) is 0 Å². The number of carbonyl (C=O) groups is 1. The largest absolute Gasteiger partial charge is 0.465 e. The molecule has 92 valence electrons. The third kappa shape index (κ3) is 1.73. The second-order valence-electron chi connectivity index (χ2n) is 4.20. The Balaban J connectivity index is 1.95. The minimum Gasteiger partial charge on any atom is -0.465 e. The lowest BCUT2D eigenvalue weighted by atomic mass is 9.89. The highest BCUT2D eigenvalue weighted by Crippen LogP contribution is 2.41. The normalized spacial score (nSPS) is 25.4. The molecule has 6 heteroatoms. The maximum Gasteiger partial charge on any atom is 0.337 e. The first-order chi connectivity index (χ1) is 8.69. The number of allylic oxidation sites excluding steroid dienone is 4. The topological polar surface area (TPSA) is 58.7 Å². The van der Waals surface area contributed by atoms with Crippen molar-refractivity contribution in [2.24, 2.45) is 11.0 Å². The zero-order valence-electron chi connectivity index (χ0n) is 9.75. The molecule has 0 aromatic carbocycles. The molecule has 3 aliphatic rings. The molecule has 1 unspecified atom stereocenters. The van der Waals surface area contributed by atoms with Gasteiger partial charge in [0.1, 0.15) is 5.71 Å². The predicted octanol–water partition coefficient (Wildman–Crippen LogP) is 1.77. The van der Waals surface area contributed by atoms with Gasteiger partial charge in [-0.05, 0) is 35.9 Å². The summed E-state index contributed by atoms with van der Waals surface area (Å²) < 4.78 is 4.71. The van der Waals surface area contributed by atoms with Gasteiger partial charge in [-0.2, -0.15) is 0 Å². The third-order valence-corrected chi connectivity index (χ3v) is 4.14. The van der Waals surface area contributed by atoms with E-state index in [0.29, 0.717) is 22.7 Å². The summed E-state index contributed by atoms with van der Waals surface area (Å²) in [5, 5.41) is 4.04. The second-order valence-corrected chi connectivity index (χ2v) is 5.19. The monoisotopic (exact) mass is 263 g/mol. The Morgan fingerprint density at radius 1 is 1.56 bits per heavy atom. The number of methoxy groups -OCH3 is 1. The molecular weight excluding hydrogens is 252 g/mol. The van der Waals surface area contributed by atoms with Gasteiger partial charge in [-0.25, -0.2) is 4.79 Å². The van der Waals surface area contributed by atoms with Gasteiger partial charge in [0.2, 0.25) is 0 Å². The number of esters is 1. The molecule has 2 aliphatic carbocycles. The number of hydrogen-bond donors (Lipinski definition) is 0. The molecule has 1 heterocycles. The Morgan fingerprint density at radius 2 is 2.39 bits per heavy atom. The molecule has 0 aromatic heterocycles. The van der Waals surface area contributed by atoms with Crippen LogP contribution in [0.2, 0.25) is 0 Å². The fraction of sp³-hybridized carbons (Fsp3) is 0.333. The first-order valence-electron chi connectivity index (χ1n) is 5.57. The molecule has 3 rings (SSSR count). The molecule has 0 aromatic rings. The number of carbonyl (C=O) groups excluding carboxylic acids is 1. The molecule has 0 N–H and O–H groups in total. The van der Waals surface area contributed by atoms with Crippen LogP contribution >= 0.6 is 11.8 Å². The molecule has 0 saturated heterocycles. The van der Waals surface area contributed by atoms with Crippen molar-refractivity contribution < 1.29 is 14.4 Å². The van der Waals surface area contributed by atoms with Crippen LogP contribution in [0.25, 0.3) is 0 Å². The second kappa shape index (κ2) is 4.20. The number of ether oxygens (including phenoxy) is 1. The SMILES string of the molecule is COC(=O)C1=CCC2C(=C1)C=C1SC[N+](=O)N=C12. The van der Waals surface area contributed by atoms with Crippen molar-refractivity contribution in [2.45, 2.75) is 6.42 Å². The van der Waals surface area contributed by atoms with Gasteiger partial charge in [0.05, 0.1) is 17.6 Å². The number of hydrazone groups is 1. The van der Waals surface area contributed by atoms with Gasteiger partial charge in [-0.15, -0.1) is 0 Å². The Kier molecular flexibility index (Phi) is 2.66. The number of thioether (sulfide) groups is 1. The van der Waals surface area contributed by atoms with E-state index in [1.54, 1.807) is 0 Å². The molecule has 18 heavy (non-hydrogen) atoms. The highest BCUT2D eigenvalue weighted by molar-refractivity contribution is 8.03. The first kappa shape index (κ1) is 11.4. The van der Waals surface area contributed by atoms with Gasteiger partial charge in [-0.3, -0.25) is 0 Å². The van der Waals surface area contributed by atoms with E-state index in [1.165, 1.54) is 18.9 Å². The van der Waals surface area contributed by atoms with Gasteiger partial charge in [0.25, 0.3) is 5.88 Å². The average Bonchev–Trinajstić information content (AvgIpc) is 2.74. The van der Waals surface area contributed by atoms with Crippen LogP contribution in [0.5, 0.6) is 0 Å². The number of nitrogens with zero attached hydrogens (tertiary/aromatic N) is 2. The summed E-state index contributed by atoms with van der Waals surface area (Å²) in [6, 6.07) is 0. The van der Waals surface area contributed by atoms with Crippen molar-refractivity contribution in [1.29, 1.82) is 0 Å². The summed E-state index contributed by atoms with van der Waals surface area (Å²) in [6.07, 6.45) is 6.36. The van der Waals surface area contributed by atoms with Crippen molar-refractivity contribution in [3.63, 3.8) is 0 Å². The Morgan fingerprint density at radius 3 is 3.17 bits per heavy atom. The lowest BCUT2D eigenvalue weighted by Gasteiger charge is -2.16. The maximum absolute atomic E-state index is 11.5. The third-order valence-electron chi connectivity index (χ3n) is 3.15. The standard InChI is InChI=1S/C12H11N2O3S/c1-17-12(15)7-2-3-9-8(4-7)5-10-11(9)13-14(16)6-18-10/h2,4-5,9H,3,6H2,1H3/q+1. The van der Waals surface area contributed by atoms with Gasteiger partial charge < -0.3 is 4.74 Å². The lowest BCUT2D eigenvalue weighted by molar-refractivity contribution is -0.534. The number of fused-ring (bicyclic) bond motifs is 3. The van der Waals surface area contributed by atoms with Crippen LogP contribution in [-0.4, -0.2) is 29.5 Å². The summed E-state index contributed by atoms with van der Waals surface area (Å²) >= 11 is 1.49. The fourth-order valence-corrected chi connectivity index (χ4v) is 3.15. The summed E-state index contributed by atoms with van der Waals surface area (Å²) in [7, 11) is 1.37. The molecule has 0 bridgehead atoms. The van der Waals surface area contributed by atoms with Crippen LogP contribution < -0.4 is 0 Å². The van der Waals surface area contributed by atoms with E-state index in [4.69, 9.17) is 4.74 Å². The maximum atomic E-state index is 11.5. The van der Waals surface area contributed by atoms with Gasteiger partial charge >= 0.3 is 5.97 Å². The molecule has 1 aliphatic heterocycles.